The third-order valence-corrected chi connectivity index (χ3v) is 9.97. The van der Waals surface area contributed by atoms with Crippen molar-refractivity contribution in [3.05, 3.63) is 122 Å². The number of hydrogen-bond donors (Lipinski definition) is 4. The number of anilines is 1. The molecular weight excluding hydrogens is 732 g/mol. The Bertz CT molecular complexity index is 2500. The number of hydrogen-bond acceptors (Lipinski definition) is 10. The van der Waals surface area contributed by atoms with E-state index >= 15 is 8.78 Å². The third kappa shape index (κ3) is 7.86. The van der Waals surface area contributed by atoms with Gasteiger partial charge in [-0.15, -0.1) is 0 Å². The first-order valence-electron chi connectivity index (χ1n) is 16.3. The number of aryl methyl sites for hydroxylation is 1. The lowest BCUT2D eigenvalue weighted by atomic mass is 10.0. The Morgan fingerprint density at radius 3 is 2.37 bits per heavy atom. The van der Waals surface area contributed by atoms with Gasteiger partial charge < -0.3 is 20.5 Å². The minimum Gasteiger partial charge on any atom is -0.480 e. The number of carbonyl (C=O) groups excluding carboxylic acids is 2. The number of carbonyl (C=O) groups is 3. The molecule has 5 aromatic rings. The second kappa shape index (κ2) is 15.3. The average molecular weight is 764 g/mol. The average Bonchev–Trinajstić information content (AvgIpc) is 3.16. The largest absolute Gasteiger partial charge is 0.480 e. The smallest absolute Gasteiger partial charge is 0.335 e. The summed E-state index contributed by atoms with van der Waals surface area (Å²) in [6, 6.07) is 8.47. The fraction of sp³-hybridized carbons (Fsp3) is 0.229. The van der Waals surface area contributed by atoms with Gasteiger partial charge in [-0.1, -0.05) is 12.1 Å². The van der Waals surface area contributed by atoms with Crippen LogP contribution in [0.3, 0.4) is 0 Å². The monoisotopic (exact) mass is 763 g/mol. The number of fused-ring (bicyclic) bond motifs is 1. The molecule has 1 aliphatic rings. The van der Waals surface area contributed by atoms with Crippen LogP contribution >= 0.6 is 0 Å². The molecule has 1 fully saturated rings. The van der Waals surface area contributed by atoms with Crippen molar-refractivity contribution in [2.45, 2.75) is 36.4 Å². The van der Waals surface area contributed by atoms with E-state index in [-0.39, 0.29) is 29.1 Å². The van der Waals surface area contributed by atoms with Gasteiger partial charge in [-0.25, -0.2) is 27.9 Å². The molecule has 0 spiro atoms. The molecule has 1 atom stereocenters. The first kappa shape index (κ1) is 37.4. The van der Waals surface area contributed by atoms with Crippen LogP contribution < -0.4 is 26.6 Å². The van der Waals surface area contributed by atoms with Crippen LogP contribution in [-0.4, -0.2) is 75.7 Å². The number of pyridine rings is 2. The first-order valence-corrected chi connectivity index (χ1v) is 17.8. The molecule has 4 N–H and O–H groups in total. The van der Waals surface area contributed by atoms with Crippen molar-refractivity contribution in [3.63, 3.8) is 0 Å². The zero-order chi connectivity index (χ0) is 38.7. The number of aliphatic carboxylic acids is 1. The van der Waals surface area contributed by atoms with Gasteiger partial charge in [0.05, 0.1) is 39.6 Å². The Kier molecular flexibility index (Phi) is 10.6. The maximum Gasteiger partial charge on any atom is 0.335 e. The maximum atomic E-state index is 15.1. The Hall–Kier alpha value is -6.34. The number of carboxylic acid groups (broad SMARTS) is 1. The van der Waals surface area contributed by atoms with Crippen molar-refractivity contribution < 1.29 is 41.4 Å². The van der Waals surface area contributed by atoms with Gasteiger partial charge in [0.15, 0.2) is 5.03 Å². The standard InChI is InChI=1S/C35H31F2N7O9S/c1-43-29-18-38-11-8-23(29)33(47)44(35(43)50)22-5-2-19(3-6-22)14-28(34(48)49)41-32(46)24-15-26(37)27(16-25(24)36)42-54(51,52)30-7-4-20(17-39-30)31(45)40-21-9-12-53-13-10-21/h2-8,11,15-18,21,28,42H,9-10,12-14H2,1H3,(H,40,45)(H,41,46)(H,48,49)/t28-/m0/s1. The van der Waals surface area contributed by atoms with E-state index in [0.29, 0.717) is 49.3 Å². The Labute approximate surface area is 304 Å². The van der Waals surface area contributed by atoms with Crippen molar-refractivity contribution >= 4 is 44.4 Å². The molecule has 280 valence electrons. The van der Waals surface area contributed by atoms with Crippen LogP contribution in [0.15, 0.2) is 87.8 Å². The molecule has 0 radical (unpaired) electrons. The highest BCUT2D eigenvalue weighted by Crippen LogP contribution is 2.23. The number of ether oxygens (including phenoxy) is 1. The molecule has 2 amide bonds. The van der Waals surface area contributed by atoms with E-state index in [9.17, 15) is 37.5 Å². The lowest BCUT2D eigenvalue weighted by Gasteiger charge is -2.23. The summed E-state index contributed by atoms with van der Waals surface area (Å²) in [4.78, 5) is 71.3. The van der Waals surface area contributed by atoms with Gasteiger partial charge in [-0.2, -0.15) is 8.42 Å². The molecule has 0 saturated carbocycles. The Morgan fingerprint density at radius 1 is 0.981 bits per heavy atom. The van der Waals surface area contributed by atoms with E-state index < -0.39 is 73.0 Å². The number of benzene rings is 2. The normalized spacial score (nSPS) is 14.0. The maximum absolute atomic E-state index is 15.1. The van der Waals surface area contributed by atoms with Crippen LogP contribution in [0.2, 0.25) is 0 Å². The van der Waals surface area contributed by atoms with Crippen molar-refractivity contribution in [2.75, 3.05) is 17.9 Å². The van der Waals surface area contributed by atoms with Crippen molar-refractivity contribution in [1.82, 2.24) is 29.7 Å². The van der Waals surface area contributed by atoms with Crippen LogP contribution in [0.4, 0.5) is 14.5 Å². The van der Waals surface area contributed by atoms with Crippen molar-refractivity contribution in [3.8, 4) is 5.69 Å². The number of nitrogens with zero attached hydrogens (tertiary/aromatic N) is 4. The lowest BCUT2D eigenvalue weighted by Crippen LogP contribution is -2.42. The molecule has 6 rings (SSSR count). The molecule has 19 heteroatoms. The van der Waals surface area contributed by atoms with Gasteiger partial charge in [0, 0.05) is 51.2 Å². The fourth-order valence-corrected chi connectivity index (χ4v) is 6.74. The summed E-state index contributed by atoms with van der Waals surface area (Å²) in [5.41, 5.74) is -2.06. The highest BCUT2D eigenvalue weighted by molar-refractivity contribution is 7.92. The van der Waals surface area contributed by atoms with Crippen LogP contribution in [0, 0.1) is 11.6 Å². The van der Waals surface area contributed by atoms with E-state index in [1.165, 1.54) is 60.4 Å². The molecule has 0 aliphatic carbocycles. The zero-order valence-corrected chi connectivity index (χ0v) is 29.1. The van der Waals surface area contributed by atoms with Gasteiger partial charge in [-0.3, -0.25) is 28.7 Å². The van der Waals surface area contributed by atoms with Crippen LogP contribution in [-0.2, 0) is 33.0 Å². The summed E-state index contributed by atoms with van der Waals surface area (Å²) in [5.74, 6) is -6.01. The third-order valence-electron chi connectivity index (χ3n) is 8.69. The molecule has 16 nitrogen and oxygen atoms in total. The van der Waals surface area contributed by atoms with Gasteiger partial charge in [0.2, 0.25) is 0 Å². The second-order valence-corrected chi connectivity index (χ2v) is 13.9. The summed E-state index contributed by atoms with van der Waals surface area (Å²) in [5, 5.41) is 14.4. The van der Waals surface area contributed by atoms with E-state index in [4.69, 9.17) is 4.74 Å². The summed E-state index contributed by atoms with van der Waals surface area (Å²) >= 11 is 0. The molecule has 0 bridgehead atoms. The number of nitrogens with one attached hydrogen (secondary N) is 3. The van der Waals surface area contributed by atoms with Gasteiger partial charge in [-0.05, 0) is 54.8 Å². The van der Waals surface area contributed by atoms with Crippen LogP contribution in [0.25, 0.3) is 16.6 Å². The second-order valence-electron chi connectivity index (χ2n) is 12.3. The Morgan fingerprint density at radius 2 is 1.70 bits per heavy atom. The number of halogens is 2. The minimum absolute atomic E-state index is 0.0767. The number of aromatic nitrogens is 4. The number of carboxylic acids is 1. The molecule has 1 aliphatic heterocycles. The molecular formula is C35H31F2N7O9S. The first-order chi connectivity index (χ1) is 25.7. The summed E-state index contributed by atoms with van der Waals surface area (Å²) in [7, 11) is -3.11. The molecule has 3 aromatic heterocycles. The van der Waals surface area contributed by atoms with Crippen molar-refractivity contribution in [1.29, 1.82) is 0 Å². The topological polar surface area (TPSA) is 221 Å². The fourth-order valence-electron chi connectivity index (χ4n) is 5.76. The van der Waals surface area contributed by atoms with E-state index in [2.05, 4.69) is 20.6 Å². The molecule has 0 unspecified atom stereocenters. The van der Waals surface area contributed by atoms with E-state index in [1.807, 2.05) is 4.72 Å². The quantitative estimate of drug-likeness (QED) is 0.152. The SMILES string of the molecule is Cn1c(=O)n(-c2ccc(C[C@H](NC(=O)c3cc(F)c(NS(=O)(=O)c4ccc(C(=O)NC5CCOCC5)cn4)cc3F)C(=O)O)cc2)c(=O)c2ccncc21. The predicted octanol–water partition coefficient (Wildman–Crippen LogP) is 1.89. The summed E-state index contributed by atoms with van der Waals surface area (Å²) in [6.07, 6.45) is 4.73. The number of amides is 2. The summed E-state index contributed by atoms with van der Waals surface area (Å²) < 4.78 is 65.4. The van der Waals surface area contributed by atoms with Gasteiger partial charge in [0.25, 0.3) is 27.4 Å². The van der Waals surface area contributed by atoms with Gasteiger partial charge in [0.1, 0.15) is 17.7 Å². The highest BCUT2D eigenvalue weighted by Gasteiger charge is 2.26. The zero-order valence-electron chi connectivity index (χ0n) is 28.3. The van der Waals surface area contributed by atoms with E-state index in [1.54, 1.807) is 0 Å². The Balaban J connectivity index is 1.13. The van der Waals surface area contributed by atoms with Crippen LogP contribution in [0.1, 0.15) is 39.1 Å². The lowest BCUT2D eigenvalue weighted by molar-refractivity contribution is -0.139. The highest BCUT2D eigenvalue weighted by atomic mass is 32.2. The molecule has 4 heterocycles. The van der Waals surface area contributed by atoms with Gasteiger partial charge >= 0.3 is 11.7 Å². The number of rotatable bonds is 11. The molecule has 1 saturated heterocycles. The summed E-state index contributed by atoms with van der Waals surface area (Å²) in [6.45, 7) is 0.994. The van der Waals surface area contributed by atoms with Crippen LogP contribution in [0.5, 0.6) is 0 Å². The molecule has 2 aromatic carbocycles. The van der Waals surface area contributed by atoms with Crippen molar-refractivity contribution in [2.24, 2.45) is 7.05 Å². The minimum atomic E-state index is -4.59. The molecule has 54 heavy (non-hydrogen) atoms. The van der Waals surface area contributed by atoms with E-state index in [0.717, 1.165) is 16.8 Å². The predicted molar refractivity (Wildman–Crippen MR) is 188 cm³/mol. The number of sulfonamides is 1.